The van der Waals surface area contributed by atoms with Crippen molar-refractivity contribution in [3.05, 3.63) is 47.7 Å². The molecule has 3 N–H and O–H groups in total. The van der Waals surface area contributed by atoms with E-state index in [0.29, 0.717) is 17.3 Å². The smallest absolute Gasteiger partial charge is 0.419 e. The van der Waals surface area contributed by atoms with Gasteiger partial charge in [-0.15, -0.1) is 0 Å². The van der Waals surface area contributed by atoms with Crippen LogP contribution in [0.3, 0.4) is 0 Å². The molecule has 7 nitrogen and oxygen atoms in total. The molecule has 0 saturated heterocycles. The van der Waals surface area contributed by atoms with E-state index in [-0.39, 0.29) is 31.2 Å². The number of aromatic nitrogens is 1. The van der Waals surface area contributed by atoms with Gasteiger partial charge in [-0.1, -0.05) is 0 Å². The Bertz CT molecular complexity index is 877. The van der Waals surface area contributed by atoms with Gasteiger partial charge in [-0.2, -0.15) is 22.0 Å². The van der Waals surface area contributed by atoms with E-state index < -0.39 is 18.4 Å². The van der Waals surface area contributed by atoms with Gasteiger partial charge in [-0.25, -0.2) is 4.98 Å². The Kier molecular flexibility index (Phi) is 8.64. The van der Waals surface area contributed by atoms with Crippen LogP contribution in [0.15, 0.2) is 41.5 Å². The molecule has 1 aromatic carbocycles. The fourth-order valence-electron chi connectivity index (χ4n) is 2.57. The van der Waals surface area contributed by atoms with E-state index in [1.807, 2.05) is 0 Å². The third-order valence-electron chi connectivity index (χ3n) is 3.98. The second-order valence-electron chi connectivity index (χ2n) is 6.03. The lowest BCUT2D eigenvalue weighted by molar-refractivity contribution is -0.137. The van der Waals surface area contributed by atoms with Crippen LogP contribution >= 0.6 is 0 Å². The van der Waals surface area contributed by atoms with Crippen LogP contribution in [0.25, 0.3) is 0 Å². The average molecular weight is 447 g/mol. The quantitative estimate of drug-likeness (QED) is 0.236. The van der Waals surface area contributed by atoms with Gasteiger partial charge in [0.1, 0.15) is 17.3 Å². The second-order valence-corrected chi connectivity index (χ2v) is 6.03. The Hall–Kier alpha value is -3.31. The number of hydrogen-bond donors (Lipinski definition) is 3. The van der Waals surface area contributed by atoms with Gasteiger partial charge in [0.2, 0.25) is 0 Å². The van der Waals surface area contributed by atoms with Crippen LogP contribution in [0, 0.1) is 0 Å². The SMILES string of the molecule is CN=C(NCCNc1ncccc1C(F)(F)F)NCc1cc(OC)ccc1OC(F)F. The first-order valence-corrected chi connectivity index (χ1v) is 9.07. The molecular weight excluding hydrogens is 425 g/mol. The number of nitrogens with one attached hydrogen (secondary N) is 3. The van der Waals surface area contributed by atoms with E-state index in [0.717, 1.165) is 6.07 Å². The zero-order valence-electron chi connectivity index (χ0n) is 16.8. The molecule has 0 radical (unpaired) electrons. The maximum atomic E-state index is 13.0. The van der Waals surface area contributed by atoms with E-state index in [9.17, 15) is 22.0 Å². The lowest BCUT2D eigenvalue weighted by Gasteiger charge is -2.16. The maximum absolute atomic E-state index is 13.0. The Morgan fingerprint density at radius 1 is 1.16 bits per heavy atom. The summed E-state index contributed by atoms with van der Waals surface area (Å²) < 4.78 is 73.7. The van der Waals surface area contributed by atoms with Gasteiger partial charge < -0.3 is 25.4 Å². The van der Waals surface area contributed by atoms with Crippen LogP contribution in [0.2, 0.25) is 0 Å². The summed E-state index contributed by atoms with van der Waals surface area (Å²) in [5.74, 6) is 0.478. The molecular formula is C19H22F5N5O2. The van der Waals surface area contributed by atoms with Crippen molar-refractivity contribution in [1.82, 2.24) is 15.6 Å². The van der Waals surface area contributed by atoms with E-state index in [1.54, 1.807) is 6.07 Å². The number of halogens is 5. The second kappa shape index (κ2) is 11.2. The van der Waals surface area contributed by atoms with Gasteiger partial charge in [-0.3, -0.25) is 4.99 Å². The molecule has 0 atom stereocenters. The molecule has 12 heteroatoms. The minimum atomic E-state index is -4.52. The summed E-state index contributed by atoms with van der Waals surface area (Å²) in [4.78, 5) is 7.70. The highest BCUT2D eigenvalue weighted by molar-refractivity contribution is 5.79. The van der Waals surface area contributed by atoms with Crippen LogP contribution in [0.1, 0.15) is 11.1 Å². The minimum absolute atomic E-state index is 0.0183. The molecule has 0 aliphatic rings. The monoisotopic (exact) mass is 447 g/mol. The number of methoxy groups -OCH3 is 1. The van der Waals surface area contributed by atoms with Crippen molar-refractivity contribution < 1.29 is 31.4 Å². The van der Waals surface area contributed by atoms with Crippen molar-refractivity contribution in [3.8, 4) is 11.5 Å². The van der Waals surface area contributed by atoms with Crippen LogP contribution in [-0.4, -0.2) is 44.8 Å². The van der Waals surface area contributed by atoms with Crippen molar-refractivity contribution in [2.75, 3.05) is 32.6 Å². The topological polar surface area (TPSA) is 79.8 Å². The summed E-state index contributed by atoms with van der Waals surface area (Å²) in [6.07, 6.45) is -3.25. The van der Waals surface area contributed by atoms with Gasteiger partial charge in [0.25, 0.3) is 0 Å². The van der Waals surface area contributed by atoms with Crippen LogP contribution < -0.4 is 25.4 Å². The first kappa shape index (κ1) is 24.0. The van der Waals surface area contributed by atoms with E-state index >= 15 is 0 Å². The molecule has 0 amide bonds. The number of anilines is 1. The molecule has 31 heavy (non-hydrogen) atoms. The molecule has 0 bridgehead atoms. The van der Waals surface area contributed by atoms with Crippen LogP contribution in [0.5, 0.6) is 11.5 Å². The van der Waals surface area contributed by atoms with Crippen molar-refractivity contribution in [1.29, 1.82) is 0 Å². The number of guanidine groups is 1. The minimum Gasteiger partial charge on any atom is -0.497 e. The molecule has 0 saturated carbocycles. The number of benzene rings is 1. The summed E-state index contributed by atoms with van der Waals surface area (Å²) in [6.45, 7) is -2.56. The summed E-state index contributed by atoms with van der Waals surface area (Å²) in [5.41, 5.74) is -0.453. The standard InChI is InChI=1S/C19H22F5N5O2/c1-25-18(28-9-8-27-16-14(19(22,23)24)4-3-7-26-16)29-11-12-10-13(30-2)5-6-15(12)31-17(20)21/h3-7,10,17H,8-9,11H2,1-2H3,(H,26,27)(H2,25,28,29). The third-order valence-corrected chi connectivity index (χ3v) is 3.98. The number of aliphatic imine (C=N–C) groups is 1. The largest absolute Gasteiger partial charge is 0.497 e. The average Bonchev–Trinajstić information content (AvgIpc) is 2.73. The molecule has 0 fully saturated rings. The Morgan fingerprint density at radius 3 is 2.58 bits per heavy atom. The van der Waals surface area contributed by atoms with Crippen LogP contribution in [0.4, 0.5) is 27.8 Å². The fourth-order valence-corrected chi connectivity index (χ4v) is 2.57. The van der Waals surface area contributed by atoms with Gasteiger partial charge >= 0.3 is 12.8 Å². The predicted molar refractivity (Wildman–Crippen MR) is 106 cm³/mol. The van der Waals surface area contributed by atoms with Gasteiger partial charge in [0.15, 0.2) is 5.96 Å². The Morgan fingerprint density at radius 2 is 1.94 bits per heavy atom. The molecule has 0 spiro atoms. The number of alkyl halides is 5. The molecule has 1 aromatic heterocycles. The van der Waals surface area contributed by atoms with Crippen LogP contribution in [-0.2, 0) is 12.7 Å². The van der Waals surface area contributed by atoms with E-state index in [1.165, 1.54) is 38.6 Å². The fraction of sp³-hybridized carbons (Fsp3) is 0.368. The van der Waals surface area contributed by atoms with Crippen molar-refractivity contribution in [3.63, 3.8) is 0 Å². The van der Waals surface area contributed by atoms with Crippen molar-refractivity contribution in [2.24, 2.45) is 4.99 Å². The van der Waals surface area contributed by atoms with Gasteiger partial charge in [0.05, 0.1) is 12.7 Å². The summed E-state index contributed by atoms with van der Waals surface area (Å²) in [5, 5.41) is 8.45. The normalized spacial score (nSPS) is 11.9. The number of hydrogen-bond acceptors (Lipinski definition) is 5. The zero-order valence-corrected chi connectivity index (χ0v) is 16.8. The lowest BCUT2D eigenvalue weighted by atomic mass is 10.2. The molecule has 0 aliphatic heterocycles. The van der Waals surface area contributed by atoms with Gasteiger partial charge in [0, 0.05) is 38.4 Å². The van der Waals surface area contributed by atoms with Gasteiger partial charge in [-0.05, 0) is 30.3 Å². The summed E-state index contributed by atoms with van der Waals surface area (Å²) in [6, 6.07) is 6.55. The highest BCUT2D eigenvalue weighted by atomic mass is 19.4. The molecule has 0 unspecified atom stereocenters. The predicted octanol–water partition coefficient (Wildman–Crippen LogP) is 3.49. The first-order valence-electron chi connectivity index (χ1n) is 9.07. The van der Waals surface area contributed by atoms with Crippen molar-refractivity contribution >= 4 is 11.8 Å². The number of pyridine rings is 1. The summed E-state index contributed by atoms with van der Waals surface area (Å²) in [7, 11) is 2.94. The number of ether oxygens (including phenoxy) is 2. The zero-order chi connectivity index (χ0) is 22.9. The molecule has 1 heterocycles. The lowest BCUT2D eigenvalue weighted by Crippen LogP contribution is -2.39. The molecule has 2 aromatic rings. The first-order chi connectivity index (χ1) is 14.7. The number of rotatable bonds is 9. The Balaban J connectivity index is 1.90. The maximum Gasteiger partial charge on any atom is 0.419 e. The van der Waals surface area contributed by atoms with E-state index in [4.69, 9.17) is 4.74 Å². The molecule has 2 rings (SSSR count). The third kappa shape index (κ3) is 7.46. The number of nitrogens with zero attached hydrogens (tertiary/aromatic N) is 2. The highest BCUT2D eigenvalue weighted by Crippen LogP contribution is 2.33. The highest BCUT2D eigenvalue weighted by Gasteiger charge is 2.33. The van der Waals surface area contributed by atoms with Crippen molar-refractivity contribution in [2.45, 2.75) is 19.3 Å². The molecule has 0 aliphatic carbocycles. The Labute approximate surface area is 175 Å². The summed E-state index contributed by atoms with van der Waals surface area (Å²) >= 11 is 0. The van der Waals surface area contributed by atoms with E-state index in [2.05, 4.69) is 30.7 Å². The molecule has 170 valence electrons.